The molecule has 3 heteroatoms. The van der Waals surface area contributed by atoms with E-state index in [0.29, 0.717) is 11.1 Å². The monoisotopic (exact) mass is 161 g/mol. The first kappa shape index (κ1) is 8.28. The van der Waals surface area contributed by atoms with Crippen LogP contribution in [0.25, 0.3) is 0 Å². The van der Waals surface area contributed by atoms with Crippen molar-refractivity contribution < 1.29 is 9.90 Å². The lowest BCUT2D eigenvalue weighted by Gasteiger charge is -1.97. The fourth-order valence-corrected chi connectivity index (χ4v) is 0.879. The highest BCUT2D eigenvalue weighted by Gasteiger charge is 2.02. The van der Waals surface area contributed by atoms with Crippen LogP contribution in [0.4, 0.5) is 0 Å². The molecule has 1 aromatic rings. The van der Waals surface area contributed by atoms with E-state index in [2.05, 4.69) is 0 Å². The maximum atomic E-state index is 10.8. The molecule has 0 aromatic heterocycles. The summed E-state index contributed by atoms with van der Waals surface area (Å²) in [4.78, 5) is 10.8. The quantitative estimate of drug-likeness (QED) is 0.634. The number of benzene rings is 1. The maximum Gasteiger partial charge on any atom is 0.159 e. The zero-order valence-electron chi connectivity index (χ0n) is 6.53. The van der Waals surface area contributed by atoms with E-state index >= 15 is 0 Å². The topological polar surface area (TPSA) is 61.1 Å². The van der Waals surface area contributed by atoms with Crippen molar-refractivity contribution in [2.45, 2.75) is 6.92 Å². The number of hydrogen-bond donors (Lipinski definition) is 1. The summed E-state index contributed by atoms with van der Waals surface area (Å²) in [7, 11) is 0. The predicted octanol–water partition coefficient (Wildman–Crippen LogP) is 1.47. The van der Waals surface area contributed by atoms with E-state index < -0.39 is 0 Å². The van der Waals surface area contributed by atoms with Gasteiger partial charge in [-0.05, 0) is 25.1 Å². The summed E-state index contributed by atoms with van der Waals surface area (Å²) < 4.78 is 0. The molecule has 1 rings (SSSR count). The molecule has 0 aliphatic heterocycles. The van der Waals surface area contributed by atoms with Gasteiger partial charge in [0, 0.05) is 5.56 Å². The van der Waals surface area contributed by atoms with Gasteiger partial charge in [-0.1, -0.05) is 0 Å². The van der Waals surface area contributed by atoms with Gasteiger partial charge in [0.1, 0.15) is 5.75 Å². The predicted molar refractivity (Wildman–Crippen MR) is 42.8 cm³/mol. The minimum atomic E-state index is -0.164. The Morgan fingerprint density at radius 3 is 2.67 bits per heavy atom. The molecule has 60 valence electrons. The van der Waals surface area contributed by atoms with E-state index in [1.165, 1.54) is 25.1 Å². The molecular formula is C9H7NO2. The standard InChI is InChI=1S/C9H7NO2/c1-6(11)8-2-7(5-10)3-9(12)4-8/h2-4,12H,1H3. The summed E-state index contributed by atoms with van der Waals surface area (Å²) in [5.41, 5.74) is 0.645. The summed E-state index contributed by atoms with van der Waals surface area (Å²) in [6.07, 6.45) is 0. The van der Waals surface area contributed by atoms with E-state index in [1.54, 1.807) is 0 Å². The Kier molecular flexibility index (Phi) is 2.11. The third kappa shape index (κ3) is 1.61. The van der Waals surface area contributed by atoms with Gasteiger partial charge in [0.15, 0.2) is 5.78 Å². The summed E-state index contributed by atoms with van der Waals surface area (Å²) in [6.45, 7) is 1.38. The second kappa shape index (κ2) is 3.05. The first-order chi connectivity index (χ1) is 5.63. The Hall–Kier alpha value is -1.82. The average Bonchev–Trinajstić information content (AvgIpc) is 2.03. The van der Waals surface area contributed by atoms with E-state index in [4.69, 9.17) is 10.4 Å². The van der Waals surface area contributed by atoms with Gasteiger partial charge >= 0.3 is 0 Å². The summed E-state index contributed by atoms with van der Waals surface area (Å²) in [5.74, 6) is -0.221. The van der Waals surface area contributed by atoms with Crippen LogP contribution in [0, 0.1) is 11.3 Å². The van der Waals surface area contributed by atoms with Gasteiger partial charge in [-0.25, -0.2) is 0 Å². The maximum absolute atomic E-state index is 10.8. The molecule has 0 saturated heterocycles. The largest absolute Gasteiger partial charge is 0.508 e. The summed E-state index contributed by atoms with van der Waals surface area (Å²) in [5, 5.41) is 17.6. The van der Waals surface area contributed by atoms with Gasteiger partial charge in [0.2, 0.25) is 0 Å². The second-order valence-corrected chi connectivity index (χ2v) is 2.44. The Morgan fingerprint density at radius 1 is 1.50 bits per heavy atom. The molecule has 0 bridgehead atoms. The van der Waals surface area contributed by atoms with Gasteiger partial charge in [-0.3, -0.25) is 4.79 Å². The van der Waals surface area contributed by atoms with Crippen LogP contribution in [-0.2, 0) is 0 Å². The molecule has 1 N–H and O–H groups in total. The fraction of sp³-hybridized carbons (Fsp3) is 0.111. The highest BCUT2D eigenvalue weighted by atomic mass is 16.3. The number of rotatable bonds is 1. The Bertz CT molecular complexity index is 363. The lowest BCUT2D eigenvalue weighted by Crippen LogP contribution is -1.92. The molecule has 0 amide bonds. The molecule has 0 atom stereocenters. The molecule has 3 nitrogen and oxygen atoms in total. The molecule has 0 unspecified atom stereocenters. The fourth-order valence-electron chi connectivity index (χ4n) is 0.879. The van der Waals surface area contributed by atoms with E-state index in [0.717, 1.165) is 0 Å². The van der Waals surface area contributed by atoms with Crippen molar-refractivity contribution in [1.29, 1.82) is 5.26 Å². The zero-order chi connectivity index (χ0) is 9.14. The molecule has 0 aliphatic rings. The van der Waals surface area contributed by atoms with Gasteiger partial charge in [-0.2, -0.15) is 5.26 Å². The number of Topliss-reactive ketones (excluding diaryl/α,β-unsaturated/α-hetero) is 1. The number of phenols is 1. The number of hydrogen-bond acceptors (Lipinski definition) is 3. The molecule has 1 aromatic carbocycles. The molecule has 0 fully saturated rings. The number of nitrogens with zero attached hydrogens (tertiary/aromatic N) is 1. The van der Waals surface area contributed by atoms with Gasteiger partial charge in [0.25, 0.3) is 0 Å². The van der Waals surface area contributed by atoms with Crippen LogP contribution in [0.1, 0.15) is 22.8 Å². The third-order valence-electron chi connectivity index (χ3n) is 1.45. The number of nitriles is 1. The SMILES string of the molecule is CC(=O)c1cc(O)cc(C#N)c1. The van der Waals surface area contributed by atoms with Crippen molar-refractivity contribution in [1.82, 2.24) is 0 Å². The third-order valence-corrected chi connectivity index (χ3v) is 1.45. The second-order valence-electron chi connectivity index (χ2n) is 2.44. The number of aromatic hydroxyl groups is 1. The summed E-state index contributed by atoms with van der Waals surface area (Å²) in [6, 6.07) is 5.95. The minimum Gasteiger partial charge on any atom is -0.508 e. The van der Waals surface area contributed by atoms with Crippen LogP contribution in [0.15, 0.2) is 18.2 Å². The van der Waals surface area contributed by atoms with E-state index in [-0.39, 0.29) is 11.5 Å². The van der Waals surface area contributed by atoms with Gasteiger partial charge < -0.3 is 5.11 Å². The van der Waals surface area contributed by atoms with Crippen LogP contribution in [0.5, 0.6) is 5.75 Å². The van der Waals surface area contributed by atoms with Crippen LogP contribution < -0.4 is 0 Å². The number of ketones is 1. The number of carbonyl (C=O) groups is 1. The number of phenolic OH excluding ortho intramolecular Hbond substituents is 1. The zero-order valence-corrected chi connectivity index (χ0v) is 6.53. The highest BCUT2D eigenvalue weighted by Crippen LogP contribution is 2.15. The lowest BCUT2D eigenvalue weighted by atomic mass is 10.1. The van der Waals surface area contributed by atoms with Crippen molar-refractivity contribution in [2.24, 2.45) is 0 Å². The Balaban J connectivity index is 3.26. The Morgan fingerprint density at radius 2 is 2.17 bits per heavy atom. The Labute approximate surface area is 69.9 Å². The van der Waals surface area contributed by atoms with Crippen molar-refractivity contribution in [3.8, 4) is 11.8 Å². The first-order valence-corrected chi connectivity index (χ1v) is 3.38. The van der Waals surface area contributed by atoms with Crippen molar-refractivity contribution in [3.63, 3.8) is 0 Å². The van der Waals surface area contributed by atoms with E-state index in [1.807, 2.05) is 6.07 Å². The molecule has 0 heterocycles. The van der Waals surface area contributed by atoms with Crippen molar-refractivity contribution in [3.05, 3.63) is 29.3 Å². The van der Waals surface area contributed by atoms with Crippen molar-refractivity contribution >= 4 is 5.78 Å². The molecule has 0 spiro atoms. The molecule has 0 saturated carbocycles. The molecule has 12 heavy (non-hydrogen) atoms. The lowest BCUT2D eigenvalue weighted by molar-refractivity contribution is 0.101. The smallest absolute Gasteiger partial charge is 0.159 e. The highest BCUT2D eigenvalue weighted by molar-refractivity contribution is 5.94. The van der Waals surface area contributed by atoms with Crippen LogP contribution in [0.2, 0.25) is 0 Å². The van der Waals surface area contributed by atoms with Gasteiger partial charge in [0.05, 0.1) is 11.6 Å². The molecule has 0 radical (unpaired) electrons. The van der Waals surface area contributed by atoms with E-state index in [9.17, 15) is 4.79 Å². The summed E-state index contributed by atoms with van der Waals surface area (Å²) >= 11 is 0. The molecule has 0 aliphatic carbocycles. The van der Waals surface area contributed by atoms with Crippen LogP contribution >= 0.6 is 0 Å². The number of carbonyl (C=O) groups excluding carboxylic acids is 1. The van der Waals surface area contributed by atoms with Crippen LogP contribution in [0.3, 0.4) is 0 Å². The van der Waals surface area contributed by atoms with Crippen molar-refractivity contribution in [2.75, 3.05) is 0 Å². The minimum absolute atomic E-state index is 0.0562. The average molecular weight is 161 g/mol. The first-order valence-electron chi connectivity index (χ1n) is 3.38. The normalized spacial score (nSPS) is 9.00. The van der Waals surface area contributed by atoms with Crippen LogP contribution in [-0.4, -0.2) is 10.9 Å². The molecular weight excluding hydrogens is 154 g/mol. The van der Waals surface area contributed by atoms with Gasteiger partial charge in [-0.15, -0.1) is 0 Å².